The molecule has 1 aliphatic heterocycles. The van der Waals surface area contributed by atoms with E-state index < -0.39 is 0 Å². The van der Waals surface area contributed by atoms with Crippen LogP contribution in [0.5, 0.6) is 0 Å². The summed E-state index contributed by atoms with van der Waals surface area (Å²) in [5.41, 5.74) is 3.74. The summed E-state index contributed by atoms with van der Waals surface area (Å²) in [4.78, 5) is 18.3. The SMILES string of the molecule is CCc1nn(Cc2ccc(N3CC4CC4C3)nc2C)cc1C=O. The summed E-state index contributed by atoms with van der Waals surface area (Å²) in [6, 6.07) is 4.27. The van der Waals surface area contributed by atoms with Crippen molar-refractivity contribution in [1.29, 1.82) is 0 Å². The van der Waals surface area contributed by atoms with Crippen molar-refractivity contribution in [2.75, 3.05) is 18.0 Å². The minimum absolute atomic E-state index is 0.658. The van der Waals surface area contributed by atoms with Gasteiger partial charge in [-0.2, -0.15) is 5.10 Å². The molecule has 0 radical (unpaired) electrons. The molecule has 0 spiro atoms. The van der Waals surface area contributed by atoms with Gasteiger partial charge in [0.05, 0.1) is 17.8 Å². The molecule has 23 heavy (non-hydrogen) atoms. The average Bonchev–Trinajstić information content (AvgIpc) is 2.99. The number of pyridine rings is 1. The minimum atomic E-state index is 0.658. The molecule has 1 saturated carbocycles. The van der Waals surface area contributed by atoms with E-state index in [1.54, 1.807) is 0 Å². The van der Waals surface area contributed by atoms with Crippen LogP contribution in [0.15, 0.2) is 18.3 Å². The number of aromatic nitrogens is 3. The topological polar surface area (TPSA) is 51.0 Å². The molecule has 1 aliphatic carbocycles. The number of fused-ring (bicyclic) bond motifs is 1. The monoisotopic (exact) mass is 310 g/mol. The number of anilines is 1. The first-order valence-corrected chi connectivity index (χ1v) is 8.41. The second-order valence-corrected chi connectivity index (χ2v) is 6.77. The Morgan fingerprint density at radius 1 is 1.30 bits per heavy atom. The van der Waals surface area contributed by atoms with E-state index in [1.807, 2.05) is 17.8 Å². The van der Waals surface area contributed by atoms with Crippen LogP contribution in [-0.2, 0) is 13.0 Å². The van der Waals surface area contributed by atoms with E-state index in [0.29, 0.717) is 12.1 Å². The Bertz CT molecular complexity index is 741. The maximum absolute atomic E-state index is 11.1. The van der Waals surface area contributed by atoms with Crippen molar-refractivity contribution in [2.45, 2.75) is 33.2 Å². The molecule has 3 heterocycles. The maximum atomic E-state index is 11.1. The first-order chi connectivity index (χ1) is 11.2. The normalized spacial score (nSPS) is 22.3. The van der Waals surface area contributed by atoms with Crippen LogP contribution < -0.4 is 4.90 Å². The van der Waals surface area contributed by atoms with Crippen molar-refractivity contribution < 1.29 is 4.79 Å². The van der Waals surface area contributed by atoms with Gasteiger partial charge >= 0.3 is 0 Å². The smallest absolute Gasteiger partial charge is 0.153 e. The number of carbonyl (C=O) groups excluding carboxylic acids is 1. The molecule has 2 aromatic rings. The standard InChI is InChI=1S/C18H22N4O/c1-3-17-16(11-23)10-22(20-17)9-13-4-5-18(19-12(13)2)21-7-14-6-15(14)8-21/h4-5,10-11,14-15H,3,6-9H2,1-2H3. The second kappa shape index (κ2) is 5.48. The molecule has 0 N–H and O–H groups in total. The van der Waals surface area contributed by atoms with Crippen molar-refractivity contribution in [3.05, 3.63) is 40.8 Å². The zero-order chi connectivity index (χ0) is 16.0. The Morgan fingerprint density at radius 3 is 2.70 bits per heavy atom. The van der Waals surface area contributed by atoms with Crippen LogP contribution in [0.2, 0.25) is 0 Å². The van der Waals surface area contributed by atoms with Crippen molar-refractivity contribution >= 4 is 12.1 Å². The van der Waals surface area contributed by atoms with Gasteiger partial charge in [0.25, 0.3) is 0 Å². The first-order valence-electron chi connectivity index (χ1n) is 8.41. The van der Waals surface area contributed by atoms with Gasteiger partial charge in [-0.25, -0.2) is 4.98 Å². The summed E-state index contributed by atoms with van der Waals surface area (Å²) in [5, 5.41) is 4.50. The lowest BCUT2D eigenvalue weighted by Crippen LogP contribution is -2.23. The predicted octanol–water partition coefficient (Wildman–Crippen LogP) is 2.47. The average molecular weight is 310 g/mol. The van der Waals surface area contributed by atoms with E-state index in [2.05, 4.69) is 29.1 Å². The fraction of sp³-hybridized carbons (Fsp3) is 0.500. The number of hydrogen-bond donors (Lipinski definition) is 0. The highest BCUT2D eigenvalue weighted by molar-refractivity contribution is 5.75. The van der Waals surface area contributed by atoms with E-state index in [-0.39, 0.29) is 0 Å². The van der Waals surface area contributed by atoms with E-state index in [4.69, 9.17) is 4.98 Å². The molecule has 5 heteroatoms. The van der Waals surface area contributed by atoms with Gasteiger partial charge < -0.3 is 4.90 Å². The van der Waals surface area contributed by atoms with E-state index in [9.17, 15) is 4.79 Å². The molecule has 2 unspecified atom stereocenters. The number of nitrogens with zero attached hydrogens (tertiary/aromatic N) is 4. The van der Waals surface area contributed by atoms with Crippen LogP contribution in [0.1, 0.15) is 40.7 Å². The Labute approximate surface area is 136 Å². The number of aldehydes is 1. The molecule has 2 atom stereocenters. The maximum Gasteiger partial charge on any atom is 0.153 e. The molecule has 120 valence electrons. The molecule has 2 aromatic heterocycles. The first kappa shape index (κ1) is 14.4. The lowest BCUT2D eigenvalue weighted by molar-refractivity contribution is 0.112. The van der Waals surface area contributed by atoms with Crippen molar-refractivity contribution in [3.63, 3.8) is 0 Å². The van der Waals surface area contributed by atoms with Crippen LogP contribution in [0.25, 0.3) is 0 Å². The van der Waals surface area contributed by atoms with Crippen molar-refractivity contribution in [3.8, 4) is 0 Å². The fourth-order valence-corrected chi connectivity index (χ4v) is 3.61. The van der Waals surface area contributed by atoms with Gasteiger partial charge in [0.15, 0.2) is 6.29 Å². The summed E-state index contributed by atoms with van der Waals surface area (Å²) in [5.74, 6) is 2.92. The highest BCUT2D eigenvalue weighted by Crippen LogP contribution is 2.45. The van der Waals surface area contributed by atoms with Gasteiger partial charge in [-0.3, -0.25) is 9.48 Å². The van der Waals surface area contributed by atoms with Crippen LogP contribution in [0, 0.1) is 18.8 Å². The molecule has 5 nitrogen and oxygen atoms in total. The van der Waals surface area contributed by atoms with Gasteiger partial charge in [0.2, 0.25) is 0 Å². The molecular formula is C18H22N4O. The zero-order valence-corrected chi connectivity index (χ0v) is 13.7. The number of piperidine rings is 1. The summed E-state index contributed by atoms with van der Waals surface area (Å²) < 4.78 is 1.84. The van der Waals surface area contributed by atoms with Crippen LogP contribution >= 0.6 is 0 Å². The minimum Gasteiger partial charge on any atom is -0.356 e. The number of aryl methyl sites for hydroxylation is 2. The predicted molar refractivity (Wildman–Crippen MR) is 88.9 cm³/mol. The fourth-order valence-electron chi connectivity index (χ4n) is 3.61. The van der Waals surface area contributed by atoms with Gasteiger partial charge in [0, 0.05) is 25.0 Å². The Morgan fingerprint density at radius 2 is 2.09 bits per heavy atom. The molecule has 0 bridgehead atoms. The third-order valence-corrected chi connectivity index (χ3v) is 5.15. The largest absolute Gasteiger partial charge is 0.356 e. The second-order valence-electron chi connectivity index (χ2n) is 6.77. The number of rotatable bonds is 5. The van der Waals surface area contributed by atoms with Crippen LogP contribution in [0.4, 0.5) is 5.82 Å². The Balaban J connectivity index is 1.52. The van der Waals surface area contributed by atoms with Crippen LogP contribution in [0.3, 0.4) is 0 Å². The van der Waals surface area contributed by atoms with Crippen molar-refractivity contribution in [2.24, 2.45) is 11.8 Å². The number of hydrogen-bond acceptors (Lipinski definition) is 4. The summed E-state index contributed by atoms with van der Waals surface area (Å²) in [6.07, 6.45) is 4.89. The third-order valence-electron chi connectivity index (χ3n) is 5.15. The summed E-state index contributed by atoms with van der Waals surface area (Å²) in [6.45, 7) is 7.06. The Kier molecular flexibility index (Phi) is 3.43. The highest BCUT2D eigenvalue weighted by Gasteiger charge is 2.45. The molecule has 0 aromatic carbocycles. The molecule has 0 amide bonds. The highest BCUT2D eigenvalue weighted by atomic mass is 16.1. The quantitative estimate of drug-likeness (QED) is 0.796. The van der Waals surface area contributed by atoms with Crippen LogP contribution in [-0.4, -0.2) is 34.1 Å². The van der Waals surface area contributed by atoms with E-state index >= 15 is 0 Å². The van der Waals surface area contributed by atoms with Gasteiger partial charge in [-0.15, -0.1) is 0 Å². The lowest BCUT2D eigenvalue weighted by atomic mass is 10.2. The third kappa shape index (κ3) is 2.64. The summed E-state index contributed by atoms with van der Waals surface area (Å²) in [7, 11) is 0. The Hall–Kier alpha value is -2.17. The van der Waals surface area contributed by atoms with Gasteiger partial charge in [-0.05, 0) is 43.2 Å². The lowest BCUT2D eigenvalue weighted by Gasteiger charge is -2.20. The summed E-state index contributed by atoms with van der Waals surface area (Å²) >= 11 is 0. The van der Waals surface area contributed by atoms with Crippen molar-refractivity contribution in [1.82, 2.24) is 14.8 Å². The molecule has 2 aliphatic rings. The molecular weight excluding hydrogens is 288 g/mol. The molecule has 2 fully saturated rings. The molecule has 4 rings (SSSR count). The van der Waals surface area contributed by atoms with Gasteiger partial charge in [-0.1, -0.05) is 13.0 Å². The molecule has 1 saturated heterocycles. The number of carbonyl (C=O) groups is 1. The van der Waals surface area contributed by atoms with Gasteiger partial charge in [0.1, 0.15) is 5.82 Å². The van der Waals surface area contributed by atoms with E-state index in [0.717, 1.165) is 60.4 Å². The van der Waals surface area contributed by atoms with E-state index in [1.165, 1.54) is 6.42 Å². The zero-order valence-electron chi connectivity index (χ0n) is 13.7.